The summed E-state index contributed by atoms with van der Waals surface area (Å²) in [5, 5.41) is 12.0. The maximum Gasteiger partial charge on any atom is 0.305 e. The Morgan fingerprint density at radius 1 is 1.11 bits per heavy atom. The first kappa shape index (κ1) is 16.0. The molecule has 1 aliphatic carbocycles. The predicted octanol–water partition coefficient (Wildman–Crippen LogP) is 3.25. The predicted molar refractivity (Wildman–Crippen MR) is 75.0 cm³/mol. The van der Waals surface area contributed by atoms with E-state index in [1.807, 2.05) is 0 Å². The van der Waals surface area contributed by atoms with Crippen molar-refractivity contribution >= 4 is 11.9 Å². The molecule has 0 heterocycles. The molecule has 0 aromatic heterocycles. The van der Waals surface area contributed by atoms with Crippen LogP contribution >= 0.6 is 0 Å². The number of carboxylic acid groups (broad SMARTS) is 1. The maximum absolute atomic E-state index is 11.9. The Labute approximate surface area is 116 Å². The molecule has 1 rings (SSSR count). The molecule has 1 aliphatic rings. The van der Waals surface area contributed by atoms with Crippen LogP contribution in [0.4, 0.5) is 0 Å². The fourth-order valence-corrected chi connectivity index (χ4v) is 2.93. The topological polar surface area (TPSA) is 66.4 Å². The molecule has 0 radical (unpaired) electrons. The highest BCUT2D eigenvalue weighted by Crippen LogP contribution is 2.32. The van der Waals surface area contributed by atoms with Crippen molar-refractivity contribution in [3.05, 3.63) is 0 Å². The van der Waals surface area contributed by atoms with Crippen molar-refractivity contribution in [2.24, 2.45) is 0 Å². The molecular weight excluding hydrogens is 242 g/mol. The number of amides is 1. The summed E-state index contributed by atoms with van der Waals surface area (Å²) in [5.41, 5.74) is -0.466. The van der Waals surface area contributed by atoms with Crippen LogP contribution in [0.2, 0.25) is 0 Å². The fraction of sp³-hybridized carbons (Fsp3) is 0.867. The van der Waals surface area contributed by atoms with Gasteiger partial charge in [0.15, 0.2) is 0 Å². The second-order valence-corrected chi connectivity index (χ2v) is 5.77. The lowest BCUT2D eigenvalue weighted by Crippen LogP contribution is -2.47. The number of hydrogen-bond donors (Lipinski definition) is 2. The summed E-state index contributed by atoms with van der Waals surface area (Å²) in [6.45, 7) is 2.17. The first-order valence-electron chi connectivity index (χ1n) is 7.61. The molecule has 0 atom stereocenters. The number of carbonyl (C=O) groups is 2. The molecule has 0 aliphatic heterocycles. The van der Waals surface area contributed by atoms with Crippen molar-refractivity contribution in [3.63, 3.8) is 0 Å². The number of unbranched alkanes of at least 4 members (excludes halogenated alkanes) is 4. The molecule has 4 heteroatoms. The van der Waals surface area contributed by atoms with Crippen LogP contribution in [-0.4, -0.2) is 22.5 Å². The quantitative estimate of drug-likeness (QED) is 0.631. The van der Waals surface area contributed by atoms with Gasteiger partial charge < -0.3 is 10.4 Å². The van der Waals surface area contributed by atoms with Crippen LogP contribution in [0.3, 0.4) is 0 Å². The largest absolute Gasteiger partial charge is 0.481 e. The summed E-state index contributed by atoms with van der Waals surface area (Å²) in [6.07, 6.45) is 9.86. The van der Waals surface area contributed by atoms with Gasteiger partial charge in [0.05, 0.1) is 12.0 Å². The van der Waals surface area contributed by atoms with E-state index in [1.165, 1.54) is 19.3 Å². The number of carboxylic acids is 1. The third-order valence-corrected chi connectivity index (χ3v) is 3.96. The van der Waals surface area contributed by atoms with Gasteiger partial charge in [-0.2, -0.15) is 0 Å². The van der Waals surface area contributed by atoms with Crippen molar-refractivity contribution in [1.29, 1.82) is 0 Å². The molecule has 0 saturated heterocycles. The van der Waals surface area contributed by atoms with Crippen LogP contribution in [0.5, 0.6) is 0 Å². The Kier molecular flexibility index (Phi) is 6.89. The molecule has 2 N–H and O–H groups in total. The molecule has 0 unspecified atom stereocenters. The second-order valence-electron chi connectivity index (χ2n) is 5.77. The Morgan fingerprint density at radius 3 is 2.32 bits per heavy atom. The lowest BCUT2D eigenvalue weighted by Gasteiger charge is -2.28. The summed E-state index contributed by atoms with van der Waals surface area (Å²) in [4.78, 5) is 22.8. The molecule has 0 bridgehead atoms. The van der Waals surface area contributed by atoms with Crippen LogP contribution in [0.15, 0.2) is 0 Å². The van der Waals surface area contributed by atoms with Crippen molar-refractivity contribution in [3.8, 4) is 0 Å². The van der Waals surface area contributed by atoms with Gasteiger partial charge in [0.1, 0.15) is 0 Å². The minimum Gasteiger partial charge on any atom is -0.481 e. The van der Waals surface area contributed by atoms with Gasteiger partial charge in [-0.1, -0.05) is 45.4 Å². The fourth-order valence-electron chi connectivity index (χ4n) is 2.93. The van der Waals surface area contributed by atoms with E-state index >= 15 is 0 Å². The highest BCUT2D eigenvalue weighted by Gasteiger charge is 2.37. The van der Waals surface area contributed by atoms with E-state index in [4.69, 9.17) is 5.11 Å². The second kappa shape index (κ2) is 8.18. The SMILES string of the molecule is CCCCCCCC(=O)NC1(CC(=O)O)CCCC1. The van der Waals surface area contributed by atoms with Gasteiger partial charge in [0.25, 0.3) is 0 Å². The Bertz CT molecular complexity index is 296. The van der Waals surface area contributed by atoms with E-state index in [-0.39, 0.29) is 12.3 Å². The lowest BCUT2D eigenvalue weighted by atomic mass is 9.93. The van der Waals surface area contributed by atoms with Gasteiger partial charge in [-0.15, -0.1) is 0 Å². The smallest absolute Gasteiger partial charge is 0.305 e. The van der Waals surface area contributed by atoms with Crippen LogP contribution in [-0.2, 0) is 9.59 Å². The van der Waals surface area contributed by atoms with Crippen molar-refractivity contribution in [2.75, 3.05) is 0 Å². The molecule has 4 nitrogen and oxygen atoms in total. The van der Waals surface area contributed by atoms with Gasteiger partial charge in [0.2, 0.25) is 5.91 Å². The molecule has 0 aromatic rings. The van der Waals surface area contributed by atoms with E-state index in [0.717, 1.165) is 38.5 Å². The van der Waals surface area contributed by atoms with E-state index in [1.54, 1.807) is 0 Å². The van der Waals surface area contributed by atoms with E-state index in [9.17, 15) is 9.59 Å². The zero-order valence-corrected chi connectivity index (χ0v) is 12.0. The first-order valence-corrected chi connectivity index (χ1v) is 7.61. The molecule has 1 amide bonds. The minimum atomic E-state index is -0.815. The van der Waals surface area contributed by atoms with Crippen LogP contribution < -0.4 is 5.32 Å². The first-order chi connectivity index (χ1) is 9.08. The van der Waals surface area contributed by atoms with Crippen molar-refractivity contribution in [1.82, 2.24) is 5.32 Å². The lowest BCUT2D eigenvalue weighted by molar-refractivity contribution is -0.139. The van der Waals surface area contributed by atoms with Gasteiger partial charge in [0, 0.05) is 6.42 Å². The van der Waals surface area contributed by atoms with Gasteiger partial charge in [-0.25, -0.2) is 0 Å². The van der Waals surface area contributed by atoms with E-state index < -0.39 is 11.5 Å². The summed E-state index contributed by atoms with van der Waals surface area (Å²) in [5.74, 6) is -0.787. The third-order valence-electron chi connectivity index (χ3n) is 3.96. The van der Waals surface area contributed by atoms with Gasteiger partial charge in [-0.05, 0) is 19.3 Å². The zero-order chi connectivity index (χ0) is 14.1. The summed E-state index contributed by atoms with van der Waals surface area (Å²) >= 11 is 0. The average Bonchev–Trinajstić information content (AvgIpc) is 2.76. The summed E-state index contributed by atoms with van der Waals surface area (Å²) in [7, 11) is 0. The van der Waals surface area contributed by atoms with Crippen LogP contribution in [0.1, 0.15) is 77.6 Å². The van der Waals surface area contributed by atoms with Crippen LogP contribution in [0, 0.1) is 0 Å². The Hall–Kier alpha value is -1.06. The average molecular weight is 269 g/mol. The molecule has 1 saturated carbocycles. The van der Waals surface area contributed by atoms with Crippen LogP contribution in [0.25, 0.3) is 0 Å². The molecule has 0 spiro atoms. The monoisotopic (exact) mass is 269 g/mol. The zero-order valence-electron chi connectivity index (χ0n) is 12.0. The number of aliphatic carboxylic acids is 1. The Balaban J connectivity index is 2.29. The molecule has 0 aromatic carbocycles. The molecule has 1 fully saturated rings. The molecule has 19 heavy (non-hydrogen) atoms. The van der Waals surface area contributed by atoms with Crippen molar-refractivity contribution in [2.45, 2.75) is 83.1 Å². The molecule has 110 valence electrons. The maximum atomic E-state index is 11.9. The summed E-state index contributed by atoms with van der Waals surface area (Å²) in [6, 6.07) is 0. The normalized spacial score (nSPS) is 17.3. The standard InChI is InChI=1S/C15H27NO3/c1-2-3-4-5-6-9-13(17)16-15(12-14(18)19)10-7-8-11-15/h2-12H2,1H3,(H,16,17)(H,18,19). The van der Waals surface area contributed by atoms with Gasteiger partial charge in [-0.3, -0.25) is 9.59 Å². The van der Waals surface area contributed by atoms with Gasteiger partial charge >= 0.3 is 5.97 Å². The number of carbonyl (C=O) groups excluding carboxylic acids is 1. The number of nitrogens with one attached hydrogen (secondary N) is 1. The minimum absolute atomic E-state index is 0.0275. The summed E-state index contributed by atoms with van der Waals surface area (Å²) < 4.78 is 0. The highest BCUT2D eigenvalue weighted by molar-refractivity contribution is 5.78. The highest BCUT2D eigenvalue weighted by atomic mass is 16.4. The van der Waals surface area contributed by atoms with Crippen molar-refractivity contribution < 1.29 is 14.7 Å². The molecular formula is C15H27NO3. The Morgan fingerprint density at radius 2 is 1.74 bits per heavy atom. The van der Waals surface area contributed by atoms with E-state index in [2.05, 4.69) is 12.2 Å². The number of rotatable bonds is 9. The number of hydrogen-bond acceptors (Lipinski definition) is 2. The third kappa shape index (κ3) is 6.08. The van der Waals surface area contributed by atoms with E-state index in [0.29, 0.717) is 6.42 Å².